The Bertz CT molecular complexity index is 2180. The van der Waals surface area contributed by atoms with Gasteiger partial charge in [-0.2, -0.15) is 0 Å². The summed E-state index contributed by atoms with van der Waals surface area (Å²) in [7, 11) is 1.44. The lowest BCUT2D eigenvalue weighted by Crippen LogP contribution is -2.64. The number of aromatic hydroxyl groups is 1. The predicted octanol–water partition coefficient (Wildman–Crippen LogP) is -0.327. The maximum atomic E-state index is 14.8. The summed E-state index contributed by atoms with van der Waals surface area (Å²) in [6.07, 6.45) is -20.9. The zero-order valence-corrected chi connectivity index (χ0v) is 35.1. The van der Waals surface area contributed by atoms with E-state index >= 15 is 0 Å². The van der Waals surface area contributed by atoms with Gasteiger partial charge in [-0.1, -0.05) is 11.6 Å². The van der Waals surface area contributed by atoms with Gasteiger partial charge in [-0.3, -0.25) is 14.4 Å². The Morgan fingerprint density at radius 2 is 1.44 bits per heavy atom. The number of hydrogen-bond donors (Lipinski definition) is 8. The summed E-state index contributed by atoms with van der Waals surface area (Å²) in [5, 5.41) is 85.7. The molecule has 3 aromatic rings. The van der Waals surface area contributed by atoms with Crippen LogP contribution < -0.4 is 19.6 Å². The maximum Gasteiger partial charge on any atom is 0.303 e. The number of methoxy groups -OCH3 is 1. The average Bonchev–Trinajstić information content (AvgIpc) is 3.23. The molecular formula is C42H52O21. The Morgan fingerprint density at radius 1 is 0.810 bits per heavy atom. The van der Waals surface area contributed by atoms with E-state index in [0.29, 0.717) is 5.75 Å². The second-order valence-corrected chi connectivity index (χ2v) is 15.5. The number of benzene rings is 2. The van der Waals surface area contributed by atoms with Crippen molar-refractivity contribution in [3.63, 3.8) is 0 Å². The van der Waals surface area contributed by atoms with Gasteiger partial charge in [0.05, 0.1) is 26.4 Å². The Kier molecular flexibility index (Phi) is 15.0. The van der Waals surface area contributed by atoms with E-state index in [9.17, 15) is 55.2 Å². The third-order valence-electron chi connectivity index (χ3n) is 10.6. The zero-order valence-electron chi connectivity index (χ0n) is 35.1. The van der Waals surface area contributed by atoms with Crippen molar-refractivity contribution in [2.45, 2.75) is 127 Å². The van der Waals surface area contributed by atoms with Crippen molar-refractivity contribution >= 4 is 22.9 Å². The van der Waals surface area contributed by atoms with Crippen LogP contribution in [0.1, 0.15) is 40.2 Å². The van der Waals surface area contributed by atoms with Crippen LogP contribution in [0.3, 0.4) is 0 Å². The average molecular weight is 893 g/mol. The fraction of sp³-hybridized carbons (Fsp3) is 0.548. The quantitative estimate of drug-likeness (QED) is 0.0805. The van der Waals surface area contributed by atoms with Crippen molar-refractivity contribution < 1.29 is 97.5 Å². The number of esters is 2. The van der Waals surface area contributed by atoms with Crippen molar-refractivity contribution in [3.05, 3.63) is 57.8 Å². The molecule has 0 radical (unpaired) electrons. The summed E-state index contributed by atoms with van der Waals surface area (Å²) in [4.78, 5) is 38.8. The number of aliphatic hydroxyl groups excluding tert-OH is 7. The lowest BCUT2D eigenvalue weighted by Gasteiger charge is -2.45. The van der Waals surface area contributed by atoms with E-state index in [1.165, 1.54) is 26.2 Å². The standard InChI is InChI=1S/C42H52O21/c1-16(2)7-12-22-25(59-41-31(51)30(50)28(48)26(14-43)60-41)13-23(46)27-29(49)38(35(61-36(22)27)20-8-10-21(54-6)11-9-20)63-42-33(53)39(34(17(3)56-42)57-18(4)44)62-40-32(52)37(58-19(5)45)24(47)15-55-40/h7-11,13,17,24,26,28,30-34,37,39-43,46-48,50-53H,12,14-15H2,1-6H3/t17-,24+,26+,28+,30-,31+,32+,33+,34-,37-,39-,40-,41+,42-/m0/s1. The number of rotatable bonds is 13. The molecule has 0 unspecified atom stereocenters. The summed E-state index contributed by atoms with van der Waals surface area (Å²) in [6.45, 7) is 6.00. The van der Waals surface area contributed by atoms with E-state index in [1.807, 2.05) is 0 Å². The van der Waals surface area contributed by atoms with E-state index in [-0.39, 0.29) is 34.6 Å². The summed E-state index contributed by atoms with van der Waals surface area (Å²) >= 11 is 0. The Balaban J connectivity index is 1.46. The number of ether oxygens (including phenoxy) is 9. The predicted molar refractivity (Wildman–Crippen MR) is 212 cm³/mol. The topological polar surface area (TPSA) is 309 Å². The highest BCUT2D eigenvalue weighted by Crippen LogP contribution is 2.42. The van der Waals surface area contributed by atoms with Crippen LogP contribution in [0, 0.1) is 0 Å². The van der Waals surface area contributed by atoms with Gasteiger partial charge < -0.3 is 87.9 Å². The van der Waals surface area contributed by atoms with E-state index < -0.39 is 133 Å². The van der Waals surface area contributed by atoms with Gasteiger partial charge in [-0.05, 0) is 51.5 Å². The van der Waals surface area contributed by atoms with Gasteiger partial charge in [0.25, 0.3) is 0 Å². The normalized spacial score (nSPS) is 32.1. The van der Waals surface area contributed by atoms with E-state index in [2.05, 4.69) is 0 Å². The molecule has 4 heterocycles. The molecule has 0 spiro atoms. The van der Waals surface area contributed by atoms with Crippen LogP contribution in [-0.2, 0) is 44.4 Å². The number of phenols is 1. The largest absolute Gasteiger partial charge is 0.507 e. The van der Waals surface area contributed by atoms with Gasteiger partial charge in [0, 0.05) is 31.0 Å². The number of carbonyl (C=O) groups excluding carboxylic acids is 2. The molecule has 14 atom stereocenters. The minimum absolute atomic E-state index is 0.0000166. The highest BCUT2D eigenvalue weighted by Gasteiger charge is 2.52. The third kappa shape index (κ3) is 10.1. The molecule has 0 saturated carbocycles. The molecule has 63 heavy (non-hydrogen) atoms. The van der Waals surface area contributed by atoms with Crippen LogP contribution in [0.15, 0.2) is 51.2 Å². The molecule has 8 N–H and O–H groups in total. The molecule has 1 aromatic heterocycles. The fourth-order valence-corrected chi connectivity index (χ4v) is 7.39. The first kappa shape index (κ1) is 47.6. The van der Waals surface area contributed by atoms with Crippen LogP contribution in [0.2, 0.25) is 0 Å². The molecule has 2 aromatic carbocycles. The number of aliphatic hydroxyl groups is 7. The van der Waals surface area contributed by atoms with Crippen LogP contribution in [-0.4, -0.2) is 159 Å². The minimum atomic E-state index is -1.95. The van der Waals surface area contributed by atoms with Crippen molar-refractivity contribution in [2.24, 2.45) is 0 Å². The molecule has 0 aliphatic carbocycles. The van der Waals surface area contributed by atoms with Crippen molar-refractivity contribution in [1.82, 2.24) is 0 Å². The number of hydrogen-bond acceptors (Lipinski definition) is 21. The molecule has 346 valence electrons. The van der Waals surface area contributed by atoms with Gasteiger partial charge in [-0.15, -0.1) is 0 Å². The molecule has 6 rings (SSSR count). The molecule has 21 nitrogen and oxygen atoms in total. The van der Waals surface area contributed by atoms with Crippen LogP contribution in [0.4, 0.5) is 0 Å². The van der Waals surface area contributed by atoms with E-state index in [1.54, 1.807) is 32.1 Å². The fourth-order valence-electron chi connectivity index (χ4n) is 7.39. The van der Waals surface area contributed by atoms with Crippen LogP contribution in [0.25, 0.3) is 22.3 Å². The molecular weight excluding hydrogens is 840 g/mol. The molecule has 21 heteroatoms. The minimum Gasteiger partial charge on any atom is -0.507 e. The number of allylic oxidation sites excluding steroid dienone is 2. The molecule has 3 fully saturated rings. The van der Waals surface area contributed by atoms with Gasteiger partial charge >= 0.3 is 11.9 Å². The van der Waals surface area contributed by atoms with Crippen LogP contribution in [0.5, 0.6) is 23.0 Å². The smallest absolute Gasteiger partial charge is 0.303 e. The lowest BCUT2D eigenvalue weighted by molar-refractivity contribution is -0.337. The Hall–Kier alpha value is -4.91. The third-order valence-corrected chi connectivity index (χ3v) is 10.6. The number of phenolic OH excluding ortho intramolecular Hbond substituents is 1. The first-order valence-electron chi connectivity index (χ1n) is 19.9. The van der Waals surface area contributed by atoms with E-state index in [0.717, 1.165) is 25.5 Å². The summed E-state index contributed by atoms with van der Waals surface area (Å²) in [5.41, 5.74) is -0.0286. The summed E-state index contributed by atoms with van der Waals surface area (Å²) in [6, 6.07) is 7.21. The molecule has 3 saturated heterocycles. The number of fused-ring (bicyclic) bond motifs is 1. The zero-order chi connectivity index (χ0) is 46.0. The second-order valence-electron chi connectivity index (χ2n) is 15.5. The van der Waals surface area contributed by atoms with Gasteiger partial charge in [0.2, 0.25) is 23.8 Å². The maximum absolute atomic E-state index is 14.8. The molecule has 3 aliphatic heterocycles. The molecule has 3 aliphatic rings. The lowest BCUT2D eigenvalue weighted by atomic mass is 9.98. The van der Waals surface area contributed by atoms with Crippen molar-refractivity contribution in [3.8, 4) is 34.3 Å². The summed E-state index contributed by atoms with van der Waals surface area (Å²) < 4.78 is 57.5. The van der Waals surface area contributed by atoms with E-state index in [4.69, 9.17) is 47.0 Å². The van der Waals surface area contributed by atoms with Gasteiger partial charge in [0.1, 0.15) is 77.0 Å². The van der Waals surface area contributed by atoms with Crippen molar-refractivity contribution in [1.29, 1.82) is 0 Å². The van der Waals surface area contributed by atoms with Crippen LogP contribution >= 0.6 is 0 Å². The molecule has 0 bridgehead atoms. The van der Waals surface area contributed by atoms with Crippen molar-refractivity contribution in [2.75, 3.05) is 20.3 Å². The van der Waals surface area contributed by atoms with Gasteiger partial charge in [-0.25, -0.2) is 0 Å². The first-order valence-corrected chi connectivity index (χ1v) is 19.9. The SMILES string of the molecule is COc1ccc(-c2oc3c(CC=C(C)C)c(O[C@@H]4O[C@H](CO)[C@@H](O)[C@H](O)[C@H]4O)cc(O)c3c(=O)c2O[C@@H]2O[C@@H](C)[C@H](OC(C)=O)[C@@H](O[C@@H]3OC[C@@H](O)[C@H](OC(C)=O)[C@H]3O)[C@H]2O)cc1. The second kappa shape index (κ2) is 19.9. The highest BCUT2D eigenvalue weighted by atomic mass is 16.7. The first-order chi connectivity index (χ1) is 29.8. The monoisotopic (exact) mass is 892 g/mol. The molecule has 0 amide bonds. The van der Waals surface area contributed by atoms with Gasteiger partial charge in [0.15, 0.2) is 24.3 Å². The number of carbonyl (C=O) groups is 2. The Morgan fingerprint density at radius 3 is 2.06 bits per heavy atom. The summed E-state index contributed by atoms with van der Waals surface area (Å²) in [5.74, 6) is -2.94. The Labute approximate surface area is 359 Å². The highest BCUT2D eigenvalue weighted by molar-refractivity contribution is 5.91.